The van der Waals surface area contributed by atoms with Gasteiger partial charge in [0.15, 0.2) is 0 Å². The highest BCUT2D eigenvalue weighted by molar-refractivity contribution is 5.85. The van der Waals surface area contributed by atoms with Gasteiger partial charge in [0.05, 0.1) is 4.92 Å². The van der Waals surface area contributed by atoms with Crippen molar-refractivity contribution >= 4 is 18.1 Å². The maximum atomic E-state index is 10.5. The van der Waals surface area contributed by atoms with Gasteiger partial charge >= 0.3 is 0 Å². The topological polar surface area (TPSA) is 78.4 Å². The second kappa shape index (κ2) is 6.72. The molecular weight excluding hydrogens is 268 g/mol. The van der Waals surface area contributed by atoms with Crippen molar-refractivity contribution < 1.29 is 9.66 Å². The molecule has 0 atom stereocenters. The summed E-state index contributed by atoms with van der Waals surface area (Å²) in [6, 6.07) is 13.3. The predicted molar refractivity (Wildman–Crippen MR) is 74.8 cm³/mol. The Morgan fingerprint density at radius 2 is 1.47 bits per heavy atom. The van der Waals surface area contributed by atoms with E-state index in [2.05, 4.69) is 0 Å². The second-order valence-corrected chi connectivity index (χ2v) is 3.70. The summed E-state index contributed by atoms with van der Waals surface area (Å²) in [5.74, 6) is 1.22. The Labute approximate surface area is 116 Å². The summed E-state index contributed by atoms with van der Waals surface area (Å²) in [6.07, 6.45) is 0. The van der Waals surface area contributed by atoms with E-state index in [0.29, 0.717) is 18.0 Å². The van der Waals surface area contributed by atoms with Crippen LogP contribution in [0.1, 0.15) is 5.56 Å². The molecule has 0 saturated carbocycles. The van der Waals surface area contributed by atoms with Crippen LogP contribution in [0.15, 0.2) is 48.5 Å². The van der Waals surface area contributed by atoms with E-state index in [0.717, 1.165) is 5.56 Å². The van der Waals surface area contributed by atoms with Gasteiger partial charge in [0.2, 0.25) is 0 Å². The molecule has 0 unspecified atom stereocenters. The van der Waals surface area contributed by atoms with Crippen LogP contribution in [0.5, 0.6) is 11.5 Å². The smallest absolute Gasteiger partial charge is 0.269 e. The highest BCUT2D eigenvalue weighted by atomic mass is 35.5. The number of non-ortho nitro benzene ring substituents is 1. The number of benzene rings is 2. The summed E-state index contributed by atoms with van der Waals surface area (Å²) >= 11 is 0. The van der Waals surface area contributed by atoms with Crippen LogP contribution in [0.25, 0.3) is 0 Å². The average Bonchev–Trinajstić information content (AvgIpc) is 2.40. The molecule has 19 heavy (non-hydrogen) atoms. The molecule has 0 amide bonds. The molecule has 2 N–H and O–H groups in total. The van der Waals surface area contributed by atoms with Gasteiger partial charge in [-0.3, -0.25) is 10.1 Å². The number of nitrogens with two attached hydrogens (primary N) is 1. The summed E-state index contributed by atoms with van der Waals surface area (Å²) in [4.78, 5) is 10.0. The summed E-state index contributed by atoms with van der Waals surface area (Å²) < 4.78 is 5.55. The standard InChI is InChI=1S/C13H12N2O3.ClH/c14-9-10-1-5-12(6-2-10)18-13-7-3-11(4-8-13)15(16)17;/h1-8H,9,14H2;1H. The third-order valence-electron chi connectivity index (χ3n) is 2.44. The van der Waals surface area contributed by atoms with Gasteiger partial charge in [-0.1, -0.05) is 12.1 Å². The molecule has 0 aliphatic rings. The zero-order valence-electron chi connectivity index (χ0n) is 9.98. The van der Waals surface area contributed by atoms with Gasteiger partial charge in [-0.15, -0.1) is 12.4 Å². The van der Waals surface area contributed by atoms with Gasteiger partial charge in [0, 0.05) is 18.7 Å². The highest BCUT2D eigenvalue weighted by Gasteiger charge is 2.04. The Kier molecular flexibility index (Phi) is 5.29. The van der Waals surface area contributed by atoms with Crippen molar-refractivity contribution in [3.8, 4) is 11.5 Å². The molecule has 0 heterocycles. The number of nitro groups is 1. The normalized spacial score (nSPS) is 9.53. The van der Waals surface area contributed by atoms with E-state index in [9.17, 15) is 10.1 Å². The van der Waals surface area contributed by atoms with E-state index in [1.807, 2.05) is 24.3 Å². The van der Waals surface area contributed by atoms with Crippen molar-refractivity contribution in [1.82, 2.24) is 0 Å². The van der Waals surface area contributed by atoms with Crippen LogP contribution in [0.4, 0.5) is 5.69 Å². The van der Waals surface area contributed by atoms with E-state index in [1.165, 1.54) is 12.1 Å². The zero-order chi connectivity index (χ0) is 13.0. The first-order chi connectivity index (χ1) is 8.69. The molecule has 2 aromatic carbocycles. The third-order valence-corrected chi connectivity index (χ3v) is 2.44. The lowest BCUT2D eigenvalue weighted by atomic mass is 10.2. The molecular formula is C13H13ClN2O3. The van der Waals surface area contributed by atoms with Crippen molar-refractivity contribution in [3.05, 3.63) is 64.2 Å². The minimum absolute atomic E-state index is 0. The highest BCUT2D eigenvalue weighted by Crippen LogP contribution is 2.23. The van der Waals surface area contributed by atoms with Crippen LogP contribution >= 0.6 is 12.4 Å². The van der Waals surface area contributed by atoms with Gasteiger partial charge in [-0.05, 0) is 29.8 Å². The molecule has 0 radical (unpaired) electrons. The number of halogens is 1. The molecule has 0 aromatic heterocycles. The zero-order valence-corrected chi connectivity index (χ0v) is 10.8. The molecule has 0 aliphatic carbocycles. The SMILES string of the molecule is Cl.NCc1ccc(Oc2ccc([N+](=O)[O-])cc2)cc1. The lowest BCUT2D eigenvalue weighted by molar-refractivity contribution is -0.384. The molecule has 100 valence electrons. The summed E-state index contributed by atoms with van der Waals surface area (Å²) in [5, 5.41) is 10.5. The Bertz CT molecular complexity index is 541. The molecule has 5 nitrogen and oxygen atoms in total. The van der Waals surface area contributed by atoms with Gasteiger partial charge in [0.25, 0.3) is 5.69 Å². The van der Waals surface area contributed by atoms with Crippen molar-refractivity contribution in [3.63, 3.8) is 0 Å². The fourth-order valence-corrected chi connectivity index (χ4v) is 1.47. The first kappa shape index (κ1) is 14.9. The van der Waals surface area contributed by atoms with Crippen LogP contribution in [0, 0.1) is 10.1 Å². The number of ether oxygens (including phenoxy) is 1. The molecule has 0 fully saturated rings. The molecule has 2 rings (SSSR count). The molecule has 0 bridgehead atoms. The quantitative estimate of drug-likeness (QED) is 0.688. The molecule has 0 spiro atoms. The van der Waals surface area contributed by atoms with E-state index in [4.69, 9.17) is 10.5 Å². The molecule has 0 saturated heterocycles. The molecule has 2 aromatic rings. The maximum absolute atomic E-state index is 10.5. The van der Waals surface area contributed by atoms with Crippen LogP contribution in [-0.4, -0.2) is 4.92 Å². The Hall–Kier alpha value is -2.11. The first-order valence-electron chi connectivity index (χ1n) is 5.40. The van der Waals surface area contributed by atoms with Gasteiger partial charge in [-0.2, -0.15) is 0 Å². The maximum Gasteiger partial charge on any atom is 0.269 e. The lowest BCUT2D eigenvalue weighted by Crippen LogP contribution is -1.95. The van der Waals surface area contributed by atoms with Crippen LogP contribution in [0.3, 0.4) is 0 Å². The van der Waals surface area contributed by atoms with Gasteiger partial charge < -0.3 is 10.5 Å². The minimum atomic E-state index is -0.445. The Morgan fingerprint density at radius 1 is 1.00 bits per heavy atom. The van der Waals surface area contributed by atoms with Crippen molar-refractivity contribution in [1.29, 1.82) is 0 Å². The summed E-state index contributed by atoms with van der Waals surface area (Å²) in [6.45, 7) is 0.484. The largest absolute Gasteiger partial charge is 0.457 e. The Balaban J connectivity index is 0.00000180. The number of hydrogen-bond donors (Lipinski definition) is 1. The number of nitro benzene ring substituents is 1. The van der Waals surface area contributed by atoms with E-state index < -0.39 is 4.92 Å². The summed E-state index contributed by atoms with van der Waals surface area (Å²) in [5.41, 5.74) is 6.55. The van der Waals surface area contributed by atoms with Crippen molar-refractivity contribution in [2.75, 3.05) is 0 Å². The van der Waals surface area contributed by atoms with Gasteiger partial charge in [0.1, 0.15) is 11.5 Å². The monoisotopic (exact) mass is 280 g/mol. The predicted octanol–water partition coefficient (Wildman–Crippen LogP) is 3.27. The fourth-order valence-electron chi connectivity index (χ4n) is 1.47. The van der Waals surface area contributed by atoms with E-state index in [1.54, 1.807) is 12.1 Å². The number of hydrogen-bond acceptors (Lipinski definition) is 4. The average molecular weight is 281 g/mol. The van der Waals surface area contributed by atoms with Crippen LogP contribution < -0.4 is 10.5 Å². The van der Waals surface area contributed by atoms with E-state index in [-0.39, 0.29) is 18.1 Å². The van der Waals surface area contributed by atoms with Crippen molar-refractivity contribution in [2.24, 2.45) is 5.73 Å². The van der Waals surface area contributed by atoms with Crippen molar-refractivity contribution in [2.45, 2.75) is 6.54 Å². The van der Waals surface area contributed by atoms with Crippen LogP contribution in [0.2, 0.25) is 0 Å². The Morgan fingerprint density at radius 3 is 1.89 bits per heavy atom. The lowest BCUT2D eigenvalue weighted by Gasteiger charge is -2.05. The molecule has 6 heteroatoms. The first-order valence-corrected chi connectivity index (χ1v) is 5.40. The minimum Gasteiger partial charge on any atom is -0.457 e. The second-order valence-electron chi connectivity index (χ2n) is 3.70. The molecule has 0 aliphatic heterocycles. The van der Waals surface area contributed by atoms with Gasteiger partial charge in [-0.25, -0.2) is 0 Å². The van der Waals surface area contributed by atoms with E-state index >= 15 is 0 Å². The summed E-state index contributed by atoms with van der Waals surface area (Å²) in [7, 11) is 0. The number of nitrogens with zero attached hydrogens (tertiary/aromatic N) is 1. The number of rotatable bonds is 4. The fraction of sp³-hybridized carbons (Fsp3) is 0.0769. The third kappa shape index (κ3) is 3.94. The van der Waals surface area contributed by atoms with Crippen LogP contribution in [-0.2, 0) is 6.54 Å².